The fourth-order valence-corrected chi connectivity index (χ4v) is 1.81. The molecule has 3 heteroatoms. The number of benzene rings is 1. The van der Waals surface area contributed by atoms with Crippen molar-refractivity contribution >= 4 is 0 Å². The average molecular weight is 215 g/mol. The van der Waals surface area contributed by atoms with Gasteiger partial charge in [0.25, 0.3) is 0 Å². The van der Waals surface area contributed by atoms with Crippen molar-refractivity contribution in [1.82, 2.24) is 9.55 Å². The molecule has 0 amide bonds. The number of nitrogens with zero attached hydrogens (tertiary/aromatic N) is 2. The zero-order chi connectivity index (χ0) is 11.5. The van der Waals surface area contributed by atoms with Crippen LogP contribution in [0.4, 0.5) is 0 Å². The van der Waals surface area contributed by atoms with Gasteiger partial charge >= 0.3 is 0 Å². The van der Waals surface area contributed by atoms with E-state index in [1.807, 2.05) is 29.9 Å². The number of rotatable bonds is 3. The van der Waals surface area contributed by atoms with Crippen molar-refractivity contribution in [1.29, 1.82) is 0 Å². The molecular formula is C13H17N3. The van der Waals surface area contributed by atoms with Crippen LogP contribution >= 0.6 is 0 Å². The third-order valence-electron chi connectivity index (χ3n) is 2.81. The first-order valence-corrected chi connectivity index (χ1v) is 5.45. The van der Waals surface area contributed by atoms with Gasteiger partial charge in [-0.25, -0.2) is 4.98 Å². The van der Waals surface area contributed by atoms with Crippen LogP contribution < -0.4 is 5.73 Å². The summed E-state index contributed by atoms with van der Waals surface area (Å²) in [5.74, 6) is 0. The van der Waals surface area contributed by atoms with E-state index in [-0.39, 0.29) is 6.04 Å². The van der Waals surface area contributed by atoms with E-state index in [4.69, 9.17) is 5.73 Å². The Morgan fingerprint density at radius 1 is 1.38 bits per heavy atom. The van der Waals surface area contributed by atoms with E-state index < -0.39 is 0 Å². The lowest BCUT2D eigenvalue weighted by Crippen LogP contribution is -2.14. The highest BCUT2D eigenvalue weighted by Gasteiger charge is 2.10. The van der Waals surface area contributed by atoms with Crippen LogP contribution in [0.1, 0.15) is 22.9 Å². The van der Waals surface area contributed by atoms with Gasteiger partial charge in [0, 0.05) is 13.2 Å². The monoisotopic (exact) mass is 215 g/mol. The van der Waals surface area contributed by atoms with Crippen LogP contribution in [0.15, 0.2) is 36.8 Å². The number of imidazole rings is 1. The molecule has 1 atom stereocenters. The average Bonchev–Trinajstić information content (AvgIpc) is 2.68. The Morgan fingerprint density at radius 2 is 2.12 bits per heavy atom. The molecule has 0 spiro atoms. The molecule has 1 unspecified atom stereocenters. The topological polar surface area (TPSA) is 43.8 Å². The van der Waals surface area contributed by atoms with E-state index in [9.17, 15) is 0 Å². The highest BCUT2D eigenvalue weighted by molar-refractivity contribution is 5.27. The first-order chi connectivity index (χ1) is 7.66. The molecular weight excluding hydrogens is 198 g/mol. The minimum absolute atomic E-state index is 0.0256. The number of hydrogen-bond donors (Lipinski definition) is 1. The molecule has 0 saturated heterocycles. The Morgan fingerprint density at radius 3 is 2.75 bits per heavy atom. The first kappa shape index (κ1) is 10.9. The van der Waals surface area contributed by atoms with Gasteiger partial charge in [-0.2, -0.15) is 0 Å². The van der Waals surface area contributed by atoms with Crippen molar-refractivity contribution in [2.75, 3.05) is 0 Å². The highest BCUT2D eigenvalue weighted by atomic mass is 15.0. The third-order valence-corrected chi connectivity index (χ3v) is 2.81. The predicted molar refractivity (Wildman–Crippen MR) is 65.0 cm³/mol. The minimum atomic E-state index is -0.0256. The van der Waals surface area contributed by atoms with Gasteiger partial charge in [-0.15, -0.1) is 0 Å². The Kier molecular flexibility index (Phi) is 3.06. The quantitative estimate of drug-likeness (QED) is 0.850. The van der Waals surface area contributed by atoms with E-state index in [2.05, 4.69) is 24.0 Å². The first-order valence-electron chi connectivity index (χ1n) is 5.45. The van der Waals surface area contributed by atoms with Crippen LogP contribution in [0, 0.1) is 6.92 Å². The van der Waals surface area contributed by atoms with Gasteiger partial charge in [0.05, 0.1) is 18.1 Å². The normalized spacial score (nSPS) is 12.7. The fraction of sp³-hybridized carbons (Fsp3) is 0.308. The molecule has 3 nitrogen and oxygen atoms in total. The van der Waals surface area contributed by atoms with E-state index >= 15 is 0 Å². The van der Waals surface area contributed by atoms with Crippen LogP contribution in [-0.2, 0) is 13.5 Å². The van der Waals surface area contributed by atoms with Crippen molar-refractivity contribution in [3.05, 3.63) is 53.6 Å². The van der Waals surface area contributed by atoms with Crippen molar-refractivity contribution in [3.63, 3.8) is 0 Å². The molecule has 0 radical (unpaired) electrons. The molecule has 2 N–H and O–H groups in total. The largest absolute Gasteiger partial charge is 0.340 e. The zero-order valence-corrected chi connectivity index (χ0v) is 9.72. The summed E-state index contributed by atoms with van der Waals surface area (Å²) in [5.41, 5.74) is 9.66. The minimum Gasteiger partial charge on any atom is -0.340 e. The lowest BCUT2D eigenvalue weighted by atomic mass is 10.0. The summed E-state index contributed by atoms with van der Waals surface area (Å²) in [6.07, 6.45) is 4.60. The summed E-state index contributed by atoms with van der Waals surface area (Å²) in [6.45, 7) is 2.11. The lowest BCUT2D eigenvalue weighted by molar-refractivity contribution is 0.697. The standard InChI is InChI=1S/C13H17N3/c1-10-5-3-4-6-11(10)7-12(14)13-8-16(2)9-15-13/h3-6,8-9,12H,7,14H2,1-2H3. The van der Waals surface area contributed by atoms with Crippen LogP contribution in [-0.4, -0.2) is 9.55 Å². The fourth-order valence-electron chi connectivity index (χ4n) is 1.81. The van der Waals surface area contributed by atoms with Gasteiger partial charge in [0.15, 0.2) is 0 Å². The Labute approximate surface area is 95.9 Å². The molecule has 0 saturated carbocycles. The van der Waals surface area contributed by atoms with Crippen LogP contribution in [0.25, 0.3) is 0 Å². The summed E-state index contributed by atoms with van der Waals surface area (Å²) in [6, 6.07) is 8.30. The summed E-state index contributed by atoms with van der Waals surface area (Å²) in [4.78, 5) is 4.28. The van der Waals surface area contributed by atoms with Crippen LogP contribution in [0.5, 0.6) is 0 Å². The summed E-state index contributed by atoms with van der Waals surface area (Å²) in [7, 11) is 1.96. The molecule has 16 heavy (non-hydrogen) atoms. The molecule has 0 fully saturated rings. The maximum absolute atomic E-state index is 6.13. The van der Waals surface area contributed by atoms with Crippen LogP contribution in [0.2, 0.25) is 0 Å². The van der Waals surface area contributed by atoms with Gasteiger partial charge in [-0.1, -0.05) is 24.3 Å². The Balaban J connectivity index is 2.13. The van der Waals surface area contributed by atoms with Gasteiger partial charge in [0.1, 0.15) is 0 Å². The van der Waals surface area contributed by atoms with E-state index in [0.29, 0.717) is 0 Å². The second-order valence-electron chi connectivity index (χ2n) is 4.20. The van der Waals surface area contributed by atoms with Crippen molar-refractivity contribution in [2.45, 2.75) is 19.4 Å². The molecule has 0 bridgehead atoms. The van der Waals surface area contributed by atoms with Gasteiger partial charge in [-0.3, -0.25) is 0 Å². The molecule has 2 aromatic rings. The van der Waals surface area contributed by atoms with E-state index in [0.717, 1.165) is 12.1 Å². The number of hydrogen-bond acceptors (Lipinski definition) is 2. The van der Waals surface area contributed by atoms with Crippen molar-refractivity contribution < 1.29 is 0 Å². The summed E-state index contributed by atoms with van der Waals surface area (Å²) in [5, 5.41) is 0. The van der Waals surface area contributed by atoms with Crippen molar-refractivity contribution in [2.24, 2.45) is 12.8 Å². The number of aryl methyl sites for hydroxylation is 2. The molecule has 1 aromatic heterocycles. The lowest BCUT2D eigenvalue weighted by Gasteiger charge is -2.10. The second kappa shape index (κ2) is 4.49. The van der Waals surface area contributed by atoms with Crippen molar-refractivity contribution in [3.8, 4) is 0 Å². The molecule has 2 rings (SSSR count). The van der Waals surface area contributed by atoms with Crippen LogP contribution in [0.3, 0.4) is 0 Å². The Hall–Kier alpha value is -1.61. The SMILES string of the molecule is Cc1ccccc1CC(N)c1cn(C)cn1. The maximum Gasteiger partial charge on any atom is 0.0947 e. The second-order valence-corrected chi connectivity index (χ2v) is 4.20. The van der Waals surface area contributed by atoms with Gasteiger partial charge < -0.3 is 10.3 Å². The molecule has 0 aliphatic carbocycles. The molecule has 1 heterocycles. The number of aromatic nitrogens is 2. The molecule has 0 aliphatic heterocycles. The molecule has 84 valence electrons. The molecule has 0 aliphatic rings. The zero-order valence-electron chi connectivity index (χ0n) is 9.72. The van der Waals surface area contributed by atoms with Gasteiger partial charge in [-0.05, 0) is 24.5 Å². The summed E-state index contributed by atoms with van der Waals surface area (Å²) >= 11 is 0. The number of nitrogens with two attached hydrogens (primary N) is 1. The third kappa shape index (κ3) is 2.31. The van der Waals surface area contributed by atoms with E-state index in [1.165, 1.54) is 11.1 Å². The molecule has 1 aromatic carbocycles. The smallest absolute Gasteiger partial charge is 0.0947 e. The highest BCUT2D eigenvalue weighted by Crippen LogP contribution is 2.16. The Bertz CT molecular complexity index is 474. The maximum atomic E-state index is 6.13. The van der Waals surface area contributed by atoms with Gasteiger partial charge in [0.2, 0.25) is 0 Å². The van der Waals surface area contributed by atoms with E-state index in [1.54, 1.807) is 6.33 Å². The predicted octanol–water partition coefficient (Wildman–Crippen LogP) is 1.97. The summed E-state index contributed by atoms with van der Waals surface area (Å²) < 4.78 is 1.92.